The summed E-state index contributed by atoms with van der Waals surface area (Å²) in [5.41, 5.74) is 4.00. The number of amidine groups is 1. The van der Waals surface area contributed by atoms with Crippen molar-refractivity contribution in [3.05, 3.63) is 65.2 Å². The van der Waals surface area contributed by atoms with Crippen LogP contribution < -0.4 is 10.6 Å². The largest absolute Gasteiger partial charge is 0.345 e. The third-order valence-electron chi connectivity index (χ3n) is 5.89. The SMILES string of the molecule is O=C(N[C@@H]1CCCc2ccccc21)c1ccc(NC2=N[C@H]3CS(=O)(=O)C[C@@H]3S2)cc1. The Morgan fingerprint density at radius 1 is 1.07 bits per heavy atom. The lowest BCUT2D eigenvalue weighted by molar-refractivity contribution is 0.0933. The number of carbonyl (C=O) groups is 1. The van der Waals surface area contributed by atoms with Gasteiger partial charge in [0, 0.05) is 16.5 Å². The van der Waals surface area contributed by atoms with E-state index in [2.05, 4.69) is 27.8 Å². The van der Waals surface area contributed by atoms with Crippen molar-refractivity contribution < 1.29 is 13.2 Å². The molecule has 0 aromatic heterocycles. The maximum absolute atomic E-state index is 12.8. The monoisotopic (exact) mass is 441 g/mol. The molecule has 3 aliphatic rings. The summed E-state index contributed by atoms with van der Waals surface area (Å²) >= 11 is 1.49. The van der Waals surface area contributed by atoms with Gasteiger partial charge < -0.3 is 10.6 Å². The fourth-order valence-corrected chi connectivity index (χ4v) is 8.07. The van der Waals surface area contributed by atoms with Crippen molar-refractivity contribution in [1.82, 2.24) is 5.32 Å². The van der Waals surface area contributed by atoms with E-state index in [1.807, 2.05) is 24.3 Å². The van der Waals surface area contributed by atoms with E-state index >= 15 is 0 Å². The zero-order chi connectivity index (χ0) is 20.7. The van der Waals surface area contributed by atoms with E-state index in [1.165, 1.54) is 22.9 Å². The summed E-state index contributed by atoms with van der Waals surface area (Å²) in [6.45, 7) is 0. The predicted molar refractivity (Wildman–Crippen MR) is 121 cm³/mol. The van der Waals surface area contributed by atoms with E-state index in [0.29, 0.717) is 5.56 Å². The lowest BCUT2D eigenvalue weighted by Crippen LogP contribution is -2.30. The van der Waals surface area contributed by atoms with Gasteiger partial charge in [-0.05, 0) is 54.7 Å². The molecule has 5 rings (SSSR count). The Hall–Kier alpha value is -2.32. The van der Waals surface area contributed by atoms with Crippen LogP contribution in [0.1, 0.15) is 40.4 Å². The van der Waals surface area contributed by atoms with Crippen molar-refractivity contribution in [2.75, 3.05) is 16.8 Å². The van der Waals surface area contributed by atoms with Gasteiger partial charge in [-0.1, -0.05) is 36.0 Å². The van der Waals surface area contributed by atoms with Crippen LogP contribution in [0, 0.1) is 0 Å². The molecule has 2 N–H and O–H groups in total. The van der Waals surface area contributed by atoms with Crippen LogP contribution in [0.3, 0.4) is 0 Å². The molecule has 0 saturated carbocycles. The lowest BCUT2D eigenvalue weighted by atomic mass is 9.87. The number of benzene rings is 2. The number of hydrogen-bond acceptors (Lipinski definition) is 6. The number of aryl methyl sites for hydroxylation is 1. The summed E-state index contributed by atoms with van der Waals surface area (Å²) in [6.07, 6.45) is 3.10. The van der Waals surface area contributed by atoms with Crippen molar-refractivity contribution in [3.63, 3.8) is 0 Å². The number of sulfone groups is 1. The van der Waals surface area contributed by atoms with Gasteiger partial charge >= 0.3 is 0 Å². The predicted octanol–water partition coefficient (Wildman–Crippen LogP) is 3.17. The molecule has 3 atom stereocenters. The summed E-state index contributed by atoms with van der Waals surface area (Å²) in [5, 5.41) is 7.18. The van der Waals surface area contributed by atoms with Crippen molar-refractivity contribution >= 4 is 38.4 Å². The molecule has 156 valence electrons. The third kappa shape index (κ3) is 3.98. The van der Waals surface area contributed by atoms with Gasteiger partial charge in [0.25, 0.3) is 5.91 Å². The minimum absolute atomic E-state index is 0.0147. The number of aliphatic imine (C=N–C) groups is 1. The van der Waals surface area contributed by atoms with Crippen LogP contribution in [-0.2, 0) is 16.3 Å². The molecule has 30 heavy (non-hydrogen) atoms. The number of thioether (sulfide) groups is 1. The fraction of sp³-hybridized carbons (Fsp3) is 0.364. The Kier molecular flexibility index (Phi) is 5.06. The minimum Gasteiger partial charge on any atom is -0.345 e. The first-order chi connectivity index (χ1) is 14.5. The highest BCUT2D eigenvalue weighted by Gasteiger charge is 2.42. The topological polar surface area (TPSA) is 87.6 Å². The van der Waals surface area contributed by atoms with Gasteiger partial charge in [-0.2, -0.15) is 0 Å². The Morgan fingerprint density at radius 2 is 1.87 bits per heavy atom. The first-order valence-corrected chi connectivity index (χ1v) is 12.9. The highest BCUT2D eigenvalue weighted by Crippen LogP contribution is 2.34. The molecule has 0 bridgehead atoms. The van der Waals surface area contributed by atoms with E-state index < -0.39 is 9.84 Å². The number of nitrogens with zero attached hydrogens (tertiary/aromatic N) is 1. The summed E-state index contributed by atoms with van der Waals surface area (Å²) in [4.78, 5) is 17.3. The number of rotatable bonds is 3. The van der Waals surface area contributed by atoms with Gasteiger partial charge in [-0.3, -0.25) is 9.79 Å². The van der Waals surface area contributed by atoms with Crippen molar-refractivity contribution in [2.24, 2.45) is 4.99 Å². The van der Waals surface area contributed by atoms with Gasteiger partial charge in [0.2, 0.25) is 0 Å². The molecule has 1 aliphatic carbocycles. The molecule has 2 aromatic carbocycles. The Morgan fingerprint density at radius 3 is 2.67 bits per heavy atom. The first-order valence-electron chi connectivity index (χ1n) is 10.2. The molecule has 0 radical (unpaired) electrons. The van der Waals surface area contributed by atoms with Crippen LogP contribution in [0.2, 0.25) is 0 Å². The quantitative estimate of drug-likeness (QED) is 0.764. The third-order valence-corrected chi connectivity index (χ3v) is 9.03. The van der Waals surface area contributed by atoms with Crippen LogP contribution in [-0.4, -0.2) is 42.3 Å². The summed E-state index contributed by atoms with van der Waals surface area (Å²) in [7, 11) is -2.95. The fourth-order valence-electron chi connectivity index (χ4n) is 4.39. The van der Waals surface area contributed by atoms with Crippen LogP contribution in [0.25, 0.3) is 0 Å². The van der Waals surface area contributed by atoms with Gasteiger partial charge in [0.1, 0.15) is 0 Å². The number of hydrogen-bond donors (Lipinski definition) is 2. The normalized spacial score (nSPS) is 26.4. The standard InChI is InChI=1S/C22H23N3O3S2/c26-21(24-18-7-3-5-14-4-1-2-6-17(14)18)15-8-10-16(11-9-15)23-22-25-19-12-30(27,28)13-20(19)29-22/h1-2,4,6,8-11,18-20H,3,5,7,12-13H2,(H,23,25)(H,24,26)/t18-,19+,20+/m1/s1. The number of carbonyl (C=O) groups excluding carboxylic acids is 1. The van der Waals surface area contributed by atoms with Crippen LogP contribution >= 0.6 is 11.8 Å². The van der Waals surface area contributed by atoms with E-state index in [0.717, 1.165) is 30.1 Å². The van der Waals surface area contributed by atoms with Crippen molar-refractivity contribution in [1.29, 1.82) is 0 Å². The average Bonchev–Trinajstić information content (AvgIpc) is 3.21. The summed E-state index contributed by atoms with van der Waals surface area (Å²) in [6, 6.07) is 15.6. The molecule has 0 unspecified atom stereocenters. The zero-order valence-corrected chi connectivity index (χ0v) is 18.0. The first kappa shape index (κ1) is 19.6. The molecule has 0 spiro atoms. The maximum Gasteiger partial charge on any atom is 0.251 e. The summed E-state index contributed by atoms with van der Waals surface area (Å²) < 4.78 is 23.4. The van der Waals surface area contributed by atoms with E-state index in [9.17, 15) is 13.2 Å². The summed E-state index contributed by atoms with van der Waals surface area (Å²) in [5.74, 6) is 0.259. The van der Waals surface area contributed by atoms with Crippen LogP contribution in [0.15, 0.2) is 53.5 Å². The molecule has 1 saturated heterocycles. The number of nitrogens with one attached hydrogen (secondary N) is 2. The molecular formula is C22H23N3O3S2. The molecule has 1 fully saturated rings. The van der Waals surface area contributed by atoms with E-state index in [-0.39, 0.29) is 34.7 Å². The Bertz CT molecular complexity index is 1110. The maximum atomic E-state index is 12.8. The van der Waals surface area contributed by atoms with Crippen LogP contribution in [0.4, 0.5) is 5.69 Å². The van der Waals surface area contributed by atoms with E-state index in [1.54, 1.807) is 12.1 Å². The number of fused-ring (bicyclic) bond motifs is 2. The molecule has 2 aromatic rings. The van der Waals surface area contributed by atoms with Crippen molar-refractivity contribution in [3.8, 4) is 0 Å². The van der Waals surface area contributed by atoms with E-state index in [4.69, 9.17) is 0 Å². The Balaban J connectivity index is 1.22. The Labute approximate surface area is 180 Å². The van der Waals surface area contributed by atoms with Gasteiger partial charge in [0.05, 0.1) is 23.6 Å². The smallest absolute Gasteiger partial charge is 0.251 e. The molecular weight excluding hydrogens is 418 g/mol. The molecule has 1 amide bonds. The second-order valence-electron chi connectivity index (χ2n) is 8.05. The molecule has 2 aliphatic heterocycles. The highest BCUT2D eigenvalue weighted by molar-refractivity contribution is 8.15. The minimum atomic E-state index is -2.95. The van der Waals surface area contributed by atoms with Crippen LogP contribution in [0.5, 0.6) is 0 Å². The second kappa shape index (κ2) is 7.74. The number of amides is 1. The zero-order valence-electron chi connectivity index (χ0n) is 16.4. The molecule has 2 heterocycles. The molecule has 6 nitrogen and oxygen atoms in total. The average molecular weight is 442 g/mol. The lowest BCUT2D eigenvalue weighted by Gasteiger charge is -2.26. The second-order valence-corrected chi connectivity index (χ2v) is 11.4. The van der Waals surface area contributed by atoms with Crippen molar-refractivity contribution in [2.45, 2.75) is 36.6 Å². The molecule has 8 heteroatoms. The van der Waals surface area contributed by atoms with Gasteiger partial charge in [-0.15, -0.1) is 0 Å². The van der Waals surface area contributed by atoms with Gasteiger partial charge in [-0.25, -0.2) is 8.42 Å². The highest BCUT2D eigenvalue weighted by atomic mass is 32.2. The number of anilines is 1. The van der Waals surface area contributed by atoms with Gasteiger partial charge in [0.15, 0.2) is 15.0 Å².